The fraction of sp³-hybridized carbons (Fsp3) is 0.538. The zero-order valence-corrected chi connectivity index (χ0v) is 13.0. The Labute approximate surface area is 121 Å². The van der Waals surface area contributed by atoms with E-state index >= 15 is 0 Å². The highest BCUT2D eigenvalue weighted by Gasteiger charge is 2.21. The predicted octanol–water partition coefficient (Wildman–Crippen LogP) is 2.56. The summed E-state index contributed by atoms with van der Waals surface area (Å²) in [7, 11) is 0. The Morgan fingerprint density at radius 2 is 2.21 bits per heavy atom. The number of rotatable bonds is 7. The van der Waals surface area contributed by atoms with Crippen LogP contribution in [-0.4, -0.2) is 35.0 Å². The summed E-state index contributed by atoms with van der Waals surface area (Å²) in [6, 6.07) is 1.01. The second-order valence-corrected chi connectivity index (χ2v) is 6.34. The molecule has 1 rings (SSSR count). The summed E-state index contributed by atoms with van der Waals surface area (Å²) in [5, 5.41) is 11.7. The molecule has 1 atom stereocenters. The molecule has 106 valence electrons. The lowest BCUT2D eigenvalue weighted by atomic mass is 10.2. The van der Waals surface area contributed by atoms with Crippen LogP contribution < -0.4 is 5.32 Å². The van der Waals surface area contributed by atoms with Crippen molar-refractivity contribution >= 4 is 35.0 Å². The molecule has 0 radical (unpaired) electrons. The maximum absolute atomic E-state index is 12.0. The highest BCUT2D eigenvalue weighted by Crippen LogP contribution is 2.22. The lowest BCUT2D eigenvalue weighted by Gasteiger charge is -2.12. The molecule has 0 aliphatic rings. The molecule has 0 unspecified atom stereocenters. The molecular formula is C13H19NO3S2. The zero-order valence-electron chi connectivity index (χ0n) is 11.4. The molecule has 2 N–H and O–H groups in total. The van der Waals surface area contributed by atoms with Gasteiger partial charge in [-0.05, 0) is 43.4 Å². The SMILES string of the molecule is CCc1sc(C(=O)N[C@@H](CCSC)C(=O)O)cc1C. The Morgan fingerprint density at radius 3 is 2.68 bits per heavy atom. The summed E-state index contributed by atoms with van der Waals surface area (Å²) in [5.74, 6) is -0.561. The lowest BCUT2D eigenvalue weighted by molar-refractivity contribution is -0.139. The average Bonchev–Trinajstić information content (AvgIpc) is 2.75. The van der Waals surface area contributed by atoms with Crippen LogP contribution in [0.25, 0.3) is 0 Å². The molecule has 0 saturated heterocycles. The number of thiophene rings is 1. The minimum Gasteiger partial charge on any atom is -0.480 e. The van der Waals surface area contributed by atoms with Gasteiger partial charge >= 0.3 is 5.97 Å². The molecule has 1 aromatic rings. The third kappa shape index (κ3) is 4.54. The van der Waals surface area contributed by atoms with Crippen LogP contribution in [0.4, 0.5) is 0 Å². The van der Waals surface area contributed by atoms with Crippen LogP contribution in [0.5, 0.6) is 0 Å². The minimum absolute atomic E-state index is 0.290. The highest BCUT2D eigenvalue weighted by atomic mass is 32.2. The van der Waals surface area contributed by atoms with Crippen LogP contribution in [0.2, 0.25) is 0 Å². The number of carboxylic acid groups (broad SMARTS) is 1. The minimum atomic E-state index is -0.980. The number of hydrogen-bond acceptors (Lipinski definition) is 4. The Hall–Kier alpha value is -1.01. The van der Waals surface area contributed by atoms with Gasteiger partial charge in [0.2, 0.25) is 0 Å². The number of aliphatic carboxylic acids is 1. The quantitative estimate of drug-likeness (QED) is 0.812. The number of amides is 1. The van der Waals surface area contributed by atoms with Gasteiger partial charge in [0.05, 0.1) is 4.88 Å². The van der Waals surface area contributed by atoms with Crippen molar-refractivity contribution in [3.63, 3.8) is 0 Å². The van der Waals surface area contributed by atoms with Gasteiger partial charge in [0.25, 0.3) is 5.91 Å². The van der Waals surface area contributed by atoms with Crippen LogP contribution in [0.3, 0.4) is 0 Å². The zero-order chi connectivity index (χ0) is 14.4. The summed E-state index contributed by atoms with van der Waals surface area (Å²) >= 11 is 3.00. The Kier molecular flexibility index (Phi) is 6.37. The van der Waals surface area contributed by atoms with E-state index in [0.29, 0.717) is 17.1 Å². The number of carbonyl (C=O) groups is 2. The molecule has 0 bridgehead atoms. The molecular weight excluding hydrogens is 282 g/mol. The van der Waals surface area contributed by atoms with E-state index in [-0.39, 0.29) is 5.91 Å². The van der Waals surface area contributed by atoms with Crippen molar-refractivity contribution in [1.29, 1.82) is 0 Å². The van der Waals surface area contributed by atoms with Crippen LogP contribution in [-0.2, 0) is 11.2 Å². The predicted molar refractivity (Wildman–Crippen MR) is 80.3 cm³/mol. The van der Waals surface area contributed by atoms with Gasteiger partial charge in [-0.15, -0.1) is 11.3 Å². The van der Waals surface area contributed by atoms with Gasteiger partial charge in [-0.3, -0.25) is 4.79 Å². The summed E-state index contributed by atoms with van der Waals surface area (Å²) in [6.07, 6.45) is 3.24. The topological polar surface area (TPSA) is 66.4 Å². The molecule has 19 heavy (non-hydrogen) atoms. The highest BCUT2D eigenvalue weighted by molar-refractivity contribution is 7.98. The van der Waals surface area contributed by atoms with E-state index in [2.05, 4.69) is 5.32 Å². The van der Waals surface area contributed by atoms with Gasteiger partial charge in [-0.2, -0.15) is 11.8 Å². The molecule has 0 aliphatic carbocycles. The number of carbonyl (C=O) groups excluding carboxylic acids is 1. The van der Waals surface area contributed by atoms with Crippen molar-refractivity contribution in [2.75, 3.05) is 12.0 Å². The van der Waals surface area contributed by atoms with Gasteiger partial charge in [0, 0.05) is 4.88 Å². The molecule has 0 fully saturated rings. The van der Waals surface area contributed by atoms with E-state index in [9.17, 15) is 9.59 Å². The van der Waals surface area contributed by atoms with Crippen molar-refractivity contribution in [2.24, 2.45) is 0 Å². The van der Waals surface area contributed by atoms with E-state index in [1.54, 1.807) is 11.8 Å². The van der Waals surface area contributed by atoms with E-state index < -0.39 is 12.0 Å². The van der Waals surface area contributed by atoms with Gasteiger partial charge in [0.15, 0.2) is 0 Å². The first kappa shape index (κ1) is 16.0. The average molecular weight is 301 g/mol. The number of aryl methyl sites for hydroxylation is 2. The molecule has 4 nitrogen and oxygen atoms in total. The standard InChI is InChI=1S/C13H19NO3S2/c1-4-10-8(2)7-11(19-10)12(15)14-9(13(16)17)5-6-18-3/h7,9H,4-6H2,1-3H3,(H,14,15)(H,16,17)/t9-/m0/s1. The van der Waals surface area contributed by atoms with Crippen molar-refractivity contribution in [3.05, 3.63) is 21.4 Å². The number of nitrogens with one attached hydrogen (secondary N) is 1. The smallest absolute Gasteiger partial charge is 0.326 e. The lowest BCUT2D eigenvalue weighted by Crippen LogP contribution is -2.40. The number of carboxylic acids is 1. The molecule has 1 heterocycles. The van der Waals surface area contributed by atoms with Crippen molar-refractivity contribution < 1.29 is 14.7 Å². The molecule has 0 aliphatic heterocycles. The third-order valence-electron chi connectivity index (χ3n) is 2.78. The second-order valence-electron chi connectivity index (χ2n) is 4.22. The van der Waals surface area contributed by atoms with Gasteiger partial charge in [0.1, 0.15) is 6.04 Å². The fourth-order valence-corrected chi connectivity index (χ4v) is 3.19. The largest absolute Gasteiger partial charge is 0.480 e. The van der Waals surface area contributed by atoms with Crippen LogP contribution in [0.1, 0.15) is 33.5 Å². The van der Waals surface area contributed by atoms with E-state index in [1.807, 2.05) is 26.2 Å². The van der Waals surface area contributed by atoms with Gasteiger partial charge < -0.3 is 10.4 Å². The molecule has 0 aromatic carbocycles. The van der Waals surface area contributed by atoms with E-state index in [4.69, 9.17) is 5.11 Å². The first-order valence-electron chi connectivity index (χ1n) is 6.11. The van der Waals surface area contributed by atoms with Crippen LogP contribution in [0.15, 0.2) is 6.07 Å². The van der Waals surface area contributed by atoms with E-state index in [0.717, 1.165) is 12.0 Å². The van der Waals surface area contributed by atoms with Crippen molar-refractivity contribution in [2.45, 2.75) is 32.7 Å². The summed E-state index contributed by atoms with van der Waals surface area (Å²) in [5.41, 5.74) is 1.09. The molecule has 0 saturated carbocycles. The maximum atomic E-state index is 12.0. The van der Waals surface area contributed by atoms with Gasteiger partial charge in [-0.1, -0.05) is 6.92 Å². The molecule has 1 aromatic heterocycles. The maximum Gasteiger partial charge on any atom is 0.326 e. The number of thioether (sulfide) groups is 1. The Balaban J connectivity index is 2.72. The summed E-state index contributed by atoms with van der Waals surface area (Å²) < 4.78 is 0. The summed E-state index contributed by atoms with van der Waals surface area (Å²) in [4.78, 5) is 24.9. The number of hydrogen-bond donors (Lipinski definition) is 2. The molecule has 1 amide bonds. The van der Waals surface area contributed by atoms with Gasteiger partial charge in [-0.25, -0.2) is 4.79 Å². The molecule has 6 heteroatoms. The summed E-state index contributed by atoms with van der Waals surface area (Å²) in [6.45, 7) is 4.01. The Bertz CT molecular complexity index is 457. The Morgan fingerprint density at radius 1 is 1.53 bits per heavy atom. The fourth-order valence-electron chi connectivity index (χ4n) is 1.71. The first-order valence-corrected chi connectivity index (χ1v) is 8.32. The second kappa shape index (κ2) is 7.55. The van der Waals surface area contributed by atoms with Crippen molar-refractivity contribution in [1.82, 2.24) is 5.32 Å². The monoisotopic (exact) mass is 301 g/mol. The van der Waals surface area contributed by atoms with E-state index in [1.165, 1.54) is 16.2 Å². The normalized spacial score (nSPS) is 12.2. The molecule has 0 spiro atoms. The third-order valence-corrected chi connectivity index (χ3v) is 4.80. The van der Waals surface area contributed by atoms with Crippen LogP contribution in [0, 0.1) is 6.92 Å². The van der Waals surface area contributed by atoms with Crippen LogP contribution >= 0.6 is 23.1 Å². The first-order chi connectivity index (χ1) is 8.99. The van der Waals surface area contributed by atoms with Crippen molar-refractivity contribution in [3.8, 4) is 0 Å².